The Morgan fingerprint density at radius 1 is 1.19 bits per heavy atom. The van der Waals surface area contributed by atoms with Crippen LogP contribution in [0.2, 0.25) is 5.02 Å². The lowest BCUT2D eigenvalue weighted by molar-refractivity contribution is -0.116. The van der Waals surface area contributed by atoms with E-state index < -0.39 is 0 Å². The van der Waals surface area contributed by atoms with Crippen LogP contribution >= 0.6 is 11.6 Å². The van der Waals surface area contributed by atoms with Gasteiger partial charge in [0.1, 0.15) is 5.75 Å². The van der Waals surface area contributed by atoms with Crippen LogP contribution < -0.4 is 10.1 Å². The van der Waals surface area contributed by atoms with E-state index in [0.29, 0.717) is 22.9 Å². The number of methoxy groups -OCH3 is 1. The van der Waals surface area contributed by atoms with Gasteiger partial charge in [0.2, 0.25) is 5.91 Å². The second-order valence-electron chi connectivity index (χ2n) is 4.73. The maximum atomic E-state index is 12.0. The van der Waals surface area contributed by atoms with Gasteiger partial charge in [0, 0.05) is 11.4 Å². The van der Waals surface area contributed by atoms with Crippen LogP contribution in [0.4, 0.5) is 5.69 Å². The Morgan fingerprint density at radius 3 is 2.67 bits per heavy atom. The minimum Gasteiger partial charge on any atom is -0.495 e. The van der Waals surface area contributed by atoms with E-state index in [9.17, 15) is 4.79 Å². The first-order chi connectivity index (χ1) is 10.2. The van der Waals surface area contributed by atoms with Gasteiger partial charge in [0.25, 0.3) is 0 Å². The third-order valence-electron chi connectivity index (χ3n) is 3.15. The second kappa shape index (κ2) is 7.70. The lowest BCUT2D eigenvalue weighted by atomic mass is 10.1. The molecule has 1 N–H and O–H groups in total. The molecule has 21 heavy (non-hydrogen) atoms. The highest BCUT2D eigenvalue weighted by molar-refractivity contribution is 6.31. The Morgan fingerprint density at radius 2 is 1.95 bits per heavy atom. The van der Waals surface area contributed by atoms with Gasteiger partial charge < -0.3 is 10.1 Å². The zero-order valence-corrected chi connectivity index (χ0v) is 12.7. The fourth-order valence-corrected chi connectivity index (χ4v) is 2.26. The molecule has 110 valence electrons. The van der Waals surface area contributed by atoms with Gasteiger partial charge in [-0.25, -0.2) is 0 Å². The van der Waals surface area contributed by atoms with Gasteiger partial charge in [0.15, 0.2) is 0 Å². The van der Waals surface area contributed by atoms with E-state index in [2.05, 4.69) is 17.4 Å². The zero-order valence-electron chi connectivity index (χ0n) is 11.9. The van der Waals surface area contributed by atoms with Gasteiger partial charge in [-0.15, -0.1) is 0 Å². The van der Waals surface area contributed by atoms with E-state index in [-0.39, 0.29) is 5.91 Å². The van der Waals surface area contributed by atoms with Gasteiger partial charge in [-0.1, -0.05) is 41.9 Å². The van der Waals surface area contributed by atoms with Crippen LogP contribution in [-0.4, -0.2) is 13.0 Å². The van der Waals surface area contributed by atoms with Crippen LogP contribution in [0.15, 0.2) is 48.5 Å². The molecule has 0 atom stereocenters. The summed E-state index contributed by atoms with van der Waals surface area (Å²) in [7, 11) is 1.56. The van der Waals surface area contributed by atoms with Gasteiger partial charge >= 0.3 is 0 Å². The molecule has 0 radical (unpaired) electrons. The summed E-state index contributed by atoms with van der Waals surface area (Å²) in [6.07, 6.45) is 2.16. The first-order valence-electron chi connectivity index (χ1n) is 6.86. The van der Waals surface area contributed by atoms with Crippen molar-refractivity contribution >= 4 is 23.2 Å². The maximum absolute atomic E-state index is 12.0. The Bertz CT molecular complexity index is 599. The summed E-state index contributed by atoms with van der Waals surface area (Å²) in [5, 5.41) is 3.41. The number of hydrogen-bond donors (Lipinski definition) is 1. The van der Waals surface area contributed by atoms with Crippen molar-refractivity contribution in [2.75, 3.05) is 12.4 Å². The lowest BCUT2D eigenvalue weighted by Crippen LogP contribution is -2.12. The molecule has 0 aliphatic carbocycles. The van der Waals surface area contributed by atoms with Crippen LogP contribution in [0.25, 0.3) is 0 Å². The second-order valence-corrected chi connectivity index (χ2v) is 5.17. The predicted molar refractivity (Wildman–Crippen MR) is 86.0 cm³/mol. The monoisotopic (exact) mass is 303 g/mol. The number of hydrogen-bond acceptors (Lipinski definition) is 2. The van der Waals surface area contributed by atoms with Gasteiger partial charge in [0.05, 0.1) is 12.8 Å². The summed E-state index contributed by atoms with van der Waals surface area (Å²) in [4.78, 5) is 12.0. The van der Waals surface area contributed by atoms with Crippen molar-refractivity contribution in [2.24, 2.45) is 0 Å². The molecule has 2 aromatic rings. The highest BCUT2D eigenvalue weighted by Crippen LogP contribution is 2.27. The Hall–Kier alpha value is -2.00. The van der Waals surface area contributed by atoms with Gasteiger partial charge in [-0.05, 0) is 36.6 Å². The SMILES string of the molecule is COc1ccc(Cl)cc1NC(=O)CCCc1ccccc1. The van der Waals surface area contributed by atoms with Gasteiger partial charge in [-0.3, -0.25) is 4.79 Å². The first kappa shape index (κ1) is 15.4. The predicted octanol–water partition coefficient (Wildman–Crippen LogP) is 4.31. The third kappa shape index (κ3) is 4.80. The summed E-state index contributed by atoms with van der Waals surface area (Å²) < 4.78 is 5.20. The molecular weight excluding hydrogens is 286 g/mol. The van der Waals surface area contributed by atoms with Crippen LogP contribution in [0.1, 0.15) is 18.4 Å². The maximum Gasteiger partial charge on any atom is 0.224 e. The van der Waals surface area contributed by atoms with E-state index in [1.54, 1.807) is 25.3 Å². The summed E-state index contributed by atoms with van der Waals surface area (Å²) in [5.74, 6) is 0.572. The number of rotatable bonds is 6. The number of anilines is 1. The fraction of sp³-hybridized carbons (Fsp3) is 0.235. The van der Waals surface area contributed by atoms with E-state index in [1.165, 1.54) is 5.56 Å². The molecule has 2 rings (SSSR count). The van der Waals surface area contributed by atoms with Crippen LogP contribution in [0, 0.1) is 0 Å². The van der Waals surface area contributed by atoms with Crippen molar-refractivity contribution in [2.45, 2.75) is 19.3 Å². The van der Waals surface area contributed by atoms with Crippen molar-refractivity contribution < 1.29 is 9.53 Å². The van der Waals surface area contributed by atoms with E-state index in [0.717, 1.165) is 12.8 Å². The quantitative estimate of drug-likeness (QED) is 0.863. The lowest BCUT2D eigenvalue weighted by Gasteiger charge is -2.10. The molecule has 0 saturated carbocycles. The molecule has 0 bridgehead atoms. The minimum absolute atomic E-state index is 0.0357. The van der Waals surface area contributed by atoms with E-state index in [4.69, 9.17) is 16.3 Å². The molecule has 2 aromatic carbocycles. The highest BCUT2D eigenvalue weighted by Gasteiger charge is 2.08. The van der Waals surface area contributed by atoms with Crippen molar-refractivity contribution in [1.29, 1.82) is 0 Å². The van der Waals surface area contributed by atoms with E-state index in [1.807, 2.05) is 18.2 Å². The molecule has 0 fully saturated rings. The topological polar surface area (TPSA) is 38.3 Å². The van der Waals surface area contributed by atoms with Gasteiger partial charge in [-0.2, -0.15) is 0 Å². The molecule has 1 amide bonds. The molecular formula is C17H18ClNO2. The average Bonchev–Trinajstić information content (AvgIpc) is 2.48. The number of nitrogens with one attached hydrogen (secondary N) is 1. The smallest absolute Gasteiger partial charge is 0.224 e. The molecule has 3 nitrogen and oxygen atoms in total. The molecule has 0 aromatic heterocycles. The minimum atomic E-state index is -0.0357. The van der Waals surface area contributed by atoms with Crippen LogP contribution in [0.5, 0.6) is 5.75 Å². The van der Waals surface area contributed by atoms with Crippen molar-refractivity contribution in [1.82, 2.24) is 0 Å². The average molecular weight is 304 g/mol. The number of amides is 1. The standard InChI is InChI=1S/C17H18ClNO2/c1-21-16-11-10-14(18)12-15(16)19-17(20)9-5-8-13-6-3-2-4-7-13/h2-4,6-7,10-12H,5,8-9H2,1H3,(H,19,20). The van der Waals surface area contributed by atoms with E-state index >= 15 is 0 Å². The number of carbonyl (C=O) groups excluding carboxylic acids is 1. The molecule has 0 aliphatic heterocycles. The number of benzene rings is 2. The molecule has 4 heteroatoms. The number of halogens is 1. The Balaban J connectivity index is 1.86. The number of aryl methyl sites for hydroxylation is 1. The molecule has 0 saturated heterocycles. The molecule has 0 aliphatic rings. The Labute approximate surface area is 129 Å². The largest absolute Gasteiger partial charge is 0.495 e. The third-order valence-corrected chi connectivity index (χ3v) is 3.38. The molecule has 0 heterocycles. The van der Waals surface area contributed by atoms with Crippen LogP contribution in [0.3, 0.4) is 0 Å². The zero-order chi connectivity index (χ0) is 15.1. The summed E-state index contributed by atoms with van der Waals surface area (Å²) >= 11 is 5.93. The Kier molecular flexibility index (Phi) is 5.64. The fourth-order valence-electron chi connectivity index (χ4n) is 2.09. The summed E-state index contributed by atoms with van der Waals surface area (Å²) in [6, 6.07) is 15.3. The normalized spacial score (nSPS) is 10.2. The van der Waals surface area contributed by atoms with Crippen LogP contribution in [-0.2, 0) is 11.2 Å². The van der Waals surface area contributed by atoms with Crippen molar-refractivity contribution in [3.05, 3.63) is 59.1 Å². The van der Waals surface area contributed by atoms with Crippen molar-refractivity contribution in [3.63, 3.8) is 0 Å². The summed E-state index contributed by atoms with van der Waals surface area (Å²) in [5.41, 5.74) is 1.85. The molecule has 0 unspecified atom stereocenters. The van der Waals surface area contributed by atoms with Crippen molar-refractivity contribution in [3.8, 4) is 5.75 Å². The number of ether oxygens (including phenoxy) is 1. The summed E-state index contributed by atoms with van der Waals surface area (Å²) in [6.45, 7) is 0. The highest BCUT2D eigenvalue weighted by atomic mass is 35.5. The number of carbonyl (C=O) groups is 1. The molecule has 0 spiro atoms. The first-order valence-corrected chi connectivity index (χ1v) is 7.24.